The van der Waals surface area contributed by atoms with Crippen molar-refractivity contribution in [2.75, 3.05) is 37.8 Å². The van der Waals surface area contributed by atoms with Crippen LogP contribution in [0.15, 0.2) is 6.07 Å². The molecule has 0 N–H and O–H groups in total. The third-order valence-electron chi connectivity index (χ3n) is 4.15. The van der Waals surface area contributed by atoms with E-state index in [0.29, 0.717) is 17.2 Å². The van der Waals surface area contributed by atoms with Crippen LogP contribution in [0.2, 0.25) is 5.15 Å². The molecular weight excluding hydrogens is 290 g/mol. The van der Waals surface area contributed by atoms with Crippen LogP contribution in [-0.4, -0.2) is 49.0 Å². The monoisotopic (exact) mass is 311 g/mol. The Kier molecular flexibility index (Phi) is 4.93. The van der Waals surface area contributed by atoms with E-state index >= 15 is 0 Å². The zero-order chi connectivity index (χ0) is 14.7. The Bertz CT molecular complexity index is 452. The number of rotatable bonds is 4. The smallest absolute Gasteiger partial charge is 0.134 e. The van der Waals surface area contributed by atoms with Gasteiger partial charge >= 0.3 is 0 Å². The van der Waals surface area contributed by atoms with Crippen molar-refractivity contribution in [3.05, 3.63) is 17.0 Å². The molecule has 0 bridgehead atoms. The summed E-state index contributed by atoms with van der Waals surface area (Å²) < 4.78 is 11.4. The highest BCUT2D eigenvalue weighted by atomic mass is 35.5. The van der Waals surface area contributed by atoms with Crippen molar-refractivity contribution in [2.24, 2.45) is 5.92 Å². The molecule has 2 saturated heterocycles. The van der Waals surface area contributed by atoms with E-state index in [9.17, 15) is 0 Å². The Morgan fingerprint density at radius 3 is 2.81 bits per heavy atom. The zero-order valence-electron chi connectivity index (χ0n) is 12.4. The number of anilines is 1. The van der Waals surface area contributed by atoms with Gasteiger partial charge < -0.3 is 14.4 Å². The molecule has 2 fully saturated rings. The number of hydrogen-bond acceptors (Lipinski definition) is 5. The van der Waals surface area contributed by atoms with Crippen LogP contribution < -0.4 is 4.90 Å². The van der Waals surface area contributed by atoms with E-state index < -0.39 is 0 Å². The first kappa shape index (κ1) is 15.0. The fraction of sp³-hybridized carbons (Fsp3) is 0.733. The molecule has 1 aromatic rings. The van der Waals surface area contributed by atoms with E-state index in [2.05, 4.69) is 14.9 Å². The summed E-state index contributed by atoms with van der Waals surface area (Å²) in [5.41, 5.74) is 0. The third-order valence-corrected chi connectivity index (χ3v) is 4.34. The summed E-state index contributed by atoms with van der Waals surface area (Å²) in [6, 6.07) is 1.84. The average Bonchev–Trinajstić information content (AvgIpc) is 2.98. The molecule has 3 heterocycles. The van der Waals surface area contributed by atoms with Crippen molar-refractivity contribution in [2.45, 2.75) is 32.3 Å². The van der Waals surface area contributed by atoms with Crippen molar-refractivity contribution in [1.82, 2.24) is 9.97 Å². The molecule has 2 aliphatic rings. The number of halogens is 1. The number of aryl methyl sites for hydroxylation is 1. The molecular formula is C15H22ClN3O2. The van der Waals surface area contributed by atoms with Crippen LogP contribution in [0.4, 0.5) is 5.82 Å². The topological polar surface area (TPSA) is 47.5 Å². The molecule has 0 spiro atoms. The van der Waals surface area contributed by atoms with Crippen molar-refractivity contribution in [1.29, 1.82) is 0 Å². The molecule has 116 valence electrons. The maximum Gasteiger partial charge on any atom is 0.134 e. The Balaban J connectivity index is 1.48. The van der Waals surface area contributed by atoms with Gasteiger partial charge in [-0.15, -0.1) is 0 Å². The summed E-state index contributed by atoms with van der Waals surface area (Å²) in [4.78, 5) is 10.8. The number of hydrogen-bond donors (Lipinski definition) is 0. The molecule has 0 saturated carbocycles. The van der Waals surface area contributed by atoms with E-state index in [1.165, 1.54) is 0 Å². The lowest BCUT2D eigenvalue weighted by molar-refractivity contribution is 0.0131. The summed E-state index contributed by atoms with van der Waals surface area (Å²) in [5, 5.41) is 0.511. The molecule has 1 unspecified atom stereocenters. The zero-order valence-corrected chi connectivity index (χ0v) is 13.2. The molecule has 3 rings (SSSR count). The van der Waals surface area contributed by atoms with Gasteiger partial charge in [0.05, 0.1) is 19.3 Å². The van der Waals surface area contributed by atoms with Crippen molar-refractivity contribution < 1.29 is 9.47 Å². The Labute approximate surface area is 130 Å². The predicted octanol–water partition coefficient (Wildman–Crippen LogP) is 2.46. The van der Waals surface area contributed by atoms with Crippen LogP contribution in [-0.2, 0) is 9.47 Å². The second-order valence-electron chi connectivity index (χ2n) is 5.85. The van der Waals surface area contributed by atoms with E-state index in [0.717, 1.165) is 63.8 Å². The molecule has 0 amide bonds. The Morgan fingerprint density at radius 1 is 1.33 bits per heavy atom. The van der Waals surface area contributed by atoms with Gasteiger partial charge in [-0.3, -0.25) is 0 Å². The highest BCUT2D eigenvalue weighted by Gasteiger charge is 2.23. The fourth-order valence-electron chi connectivity index (χ4n) is 2.92. The second kappa shape index (κ2) is 6.90. The second-order valence-corrected chi connectivity index (χ2v) is 6.23. The van der Waals surface area contributed by atoms with Gasteiger partial charge in [0, 0.05) is 31.7 Å². The largest absolute Gasteiger partial charge is 0.381 e. The average molecular weight is 312 g/mol. The summed E-state index contributed by atoms with van der Waals surface area (Å²) in [6.45, 7) is 6.37. The van der Waals surface area contributed by atoms with Gasteiger partial charge in [-0.05, 0) is 26.2 Å². The standard InChI is InChI=1S/C15H22ClN3O2/c1-11-17-14(16)8-15(18-11)19-5-2-13(3-6-19)21-10-12-4-7-20-9-12/h8,12-13H,2-7,9-10H2,1H3. The van der Waals surface area contributed by atoms with Gasteiger partial charge in [0.2, 0.25) is 0 Å². The van der Waals surface area contributed by atoms with E-state index in [1.54, 1.807) is 0 Å². The number of piperidine rings is 1. The predicted molar refractivity (Wildman–Crippen MR) is 81.9 cm³/mol. The van der Waals surface area contributed by atoms with E-state index in [-0.39, 0.29) is 0 Å². The third kappa shape index (κ3) is 4.05. The minimum Gasteiger partial charge on any atom is -0.381 e. The Morgan fingerprint density at radius 2 is 2.14 bits per heavy atom. The lowest BCUT2D eigenvalue weighted by Gasteiger charge is -2.33. The maximum atomic E-state index is 6.03. The summed E-state index contributed by atoms with van der Waals surface area (Å²) in [6.07, 6.45) is 3.57. The van der Waals surface area contributed by atoms with Gasteiger partial charge in [0.1, 0.15) is 16.8 Å². The van der Waals surface area contributed by atoms with Crippen LogP contribution in [0.3, 0.4) is 0 Å². The van der Waals surface area contributed by atoms with Crippen LogP contribution in [0.5, 0.6) is 0 Å². The first-order valence-corrected chi connectivity index (χ1v) is 8.04. The lowest BCUT2D eigenvalue weighted by atomic mass is 10.1. The van der Waals surface area contributed by atoms with Crippen LogP contribution >= 0.6 is 11.6 Å². The van der Waals surface area contributed by atoms with Crippen LogP contribution in [0.1, 0.15) is 25.1 Å². The van der Waals surface area contributed by atoms with Gasteiger partial charge in [-0.2, -0.15) is 0 Å². The molecule has 1 aromatic heterocycles. The quantitative estimate of drug-likeness (QED) is 0.799. The molecule has 0 aliphatic carbocycles. The van der Waals surface area contributed by atoms with E-state index in [4.69, 9.17) is 21.1 Å². The molecule has 2 aliphatic heterocycles. The van der Waals surface area contributed by atoms with Crippen LogP contribution in [0, 0.1) is 12.8 Å². The summed E-state index contributed by atoms with van der Waals surface area (Å²) >= 11 is 6.01. The van der Waals surface area contributed by atoms with Gasteiger partial charge in [0.15, 0.2) is 0 Å². The number of nitrogens with zero attached hydrogens (tertiary/aromatic N) is 3. The van der Waals surface area contributed by atoms with Gasteiger partial charge in [-0.1, -0.05) is 11.6 Å². The summed E-state index contributed by atoms with van der Waals surface area (Å²) in [7, 11) is 0. The van der Waals surface area contributed by atoms with E-state index in [1.807, 2.05) is 13.0 Å². The molecule has 0 aromatic carbocycles. The number of ether oxygens (including phenoxy) is 2. The van der Waals surface area contributed by atoms with Crippen molar-refractivity contribution in [3.8, 4) is 0 Å². The minimum atomic E-state index is 0.361. The fourth-order valence-corrected chi connectivity index (χ4v) is 3.14. The minimum absolute atomic E-state index is 0.361. The van der Waals surface area contributed by atoms with Crippen molar-refractivity contribution >= 4 is 17.4 Å². The SMILES string of the molecule is Cc1nc(Cl)cc(N2CCC(OCC3CCOC3)CC2)n1. The molecule has 21 heavy (non-hydrogen) atoms. The Hall–Kier alpha value is -0.910. The molecule has 1 atom stereocenters. The number of aromatic nitrogens is 2. The van der Waals surface area contributed by atoms with Crippen molar-refractivity contribution in [3.63, 3.8) is 0 Å². The molecule has 6 heteroatoms. The maximum absolute atomic E-state index is 6.03. The molecule has 5 nitrogen and oxygen atoms in total. The first-order valence-electron chi connectivity index (χ1n) is 7.66. The van der Waals surface area contributed by atoms with Gasteiger partial charge in [-0.25, -0.2) is 9.97 Å². The summed E-state index contributed by atoms with van der Waals surface area (Å²) in [5.74, 6) is 2.23. The highest BCUT2D eigenvalue weighted by molar-refractivity contribution is 6.29. The highest BCUT2D eigenvalue weighted by Crippen LogP contribution is 2.23. The lowest BCUT2D eigenvalue weighted by Crippen LogP contribution is -2.38. The molecule has 0 radical (unpaired) electrons. The van der Waals surface area contributed by atoms with Crippen LogP contribution in [0.25, 0.3) is 0 Å². The normalized spacial score (nSPS) is 23.7. The van der Waals surface area contributed by atoms with Gasteiger partial charge in [0.25, 0.3) is 0 Å². The first-order chi connectivity index (χ1) is 10.2.